The maximum absolute atomic E-state index is 14.2. The number of piperidine rings is 1. The van der Waals surface area contributed by atoms with Gasteiger partial charge in [0.2, 0.25) is 0 Å². The van der Waals surface area contributed by atoms with Crippen LogP contribution >= 0.6 is 0 Å². The number of aliphatic hydroxyl groups is 1. The fraction of sp³-hybridized carbons (Fsp3) is 0.679. The van der Waals surface area contributed by atoms with Gasteiger partial charge < -0.3 is 28.9 Å². The van der Waals surface area contributed by atoms with Gasteiger partial charge in [0.25, 0.3) is 5.91 Å². The van der Waals surface area contributed by atoms with Crippen molar-refractivity contribution >= 4 is 23.0 Å². The number of likely N-dealkylation sites (tertiary alicyclic amines) is 1. The van der Waals surface area contributed by atoms with Crippen molar-refractivity contribution < 1.29 is 28.6 Å². The van der Waals surface area contributed by atoms with Crippen LogP contribution in [0.15, 0.2) is 18.2 Å². The number of rotatable bonds is 10. The highest BCUT2D eigenvalue weighted by atomic mass is 19.1. The number of hydrogen-bond donors (Lipinski definition) is 1. The maximum Gasteiger partial charge on any atom is 0.410 e. The monoisotopic (exact) mass is 534 g/mol. The Balaban J connectivity index is 1.97. The molecule has 3 rings (SSSR count). The minimum atomic E-state index is -0.658. The average Bonchev–Trinajstić information content (AvgIpc) is 3.20. The Bertz CT molecular complexity index is 1100. The quantitative estimate of drug-likeness (QED) is 0.456. The molecule has 1 aliphatic heterocycles. The van der Waals surface area contributed by atoms with Crippen LogP contribution in [-0.2, 0) is 16.0 Å². The van der Waals surface area contributed by atoms with Gasteiger partial charge >= 0.3 is 6.09 Å². The van der Waals surface area contributed by atoms with E-state index in [1.807, 2.05) is 34.6 Å². The van der Waals surface area contributed by atoms with Gasteiger partial charge in [0.05, 0.1) is 17.1 Å². The van der Waals surface area contributed by atoms with Gasteiger partial charge in [-0.15, -0.1) is 0 Å². The molecule has 2 atom stereocenters. The summed E-state index contributed by atoms with van der Waals surface area (Å²) < 4.78 is 26.7. The van der Waals surface area contributed by atoms with Crippen molar-refractivity contribution in [1.29, 1.82) is 0 Å². The molecule has 1 fully saturated rings. The summed E-state index contributed by atoms with van der Waals surface area (Å²) in [6, 6.07) is 4.01. The molecule has 1 aromatic heterocycles. The zero-order valence-corrected chi connectivity index (χ0v) is 23.6. The third kappa shape index (κ3) is 7.66. The fourth-order valence-electron chi connectivity index (χ4n) is 4.93. The SMILES string of the molecule is COCCCCn1c(C(=O)N(CC(C)C)[C@H]2C[C@@H](CO)CN(C(=O)OC(C)(C)C)C2)nc2ccc(F)cc21. The number of methoxy groups -OCH3 is 1. The number of carbonyl (C=O) groups excluding carboxylic acids is 2. The molecule has 2 amide bonds. The van der Waals surface area contributed by atoms with Crippen LogP contribution in [0.5, 0.6) is 0 Å². The van der Waals surface area contributed by atoms with Crippen molar-refractivity contribution in [1.82, 2.24) is 19.4 Å². The highest BCUT2D eigenvalue weighted by Crippen LogP contribution is 2.27. The fourth-order valence-corrected chi connectivity index (χ4v) is 4.93. The van der Waals surface area contributed by atoms with Gasteiger partial charge in [-0.25, -0.2) is 14.2 Å². The van der Waals surface area contributed by atoms with E-state index in [0.29, 0.717) is 50.2 Å². The number of carbonyl (C=O) groups is 2. The van der Waals surface area contributed by atoms with Crippen LogP contribution in [0.1, 0.15) is 64.5 Å². The lowest BCUT2D eigenvalue weighted by molar-refractivity contribution is -0.00457. The summed E-state index contributed by atoms with van der Waals surface area (Å²) >= 11 is 0. The summed E-state index contributed by atoms with van der Waals surface area (Å²) in [7, 11) is 1.64. The Morgan fingerprint density at radius 3 is 2.61 bits per heavy atom. The van der Waals surface area contributed by atoms with Crippen molar-refractivity contribution in [2.75, 3.05) is 40.0 Å². The molecule has 1 saturated heterocycles. The van der Waals surface area contributed by atoms with Crippen molar-refractivity contribution in [2.24, 2.45) is 11.8 Å². The average molecular weight is 535 g/mol. The molecule has 212 valence electrons. The number of fused-ring (bicyclic) bond motifs is 1. The minimum Gasteiger partial charge on any atom is -0.444 e. The number of aryl methyl sites for hydroxylation is 1. The Morgan fingerprint density at radius 1 is 1.24 bits per heavy atom. The van der Waals surface area contributed by atoms with Crippen LogP contribution in [0.25, 0.3) is 11.0 Å². The molecule has 0 radical (unpaired) electrons. The molecular weight excluding hydrogens is 491 g/mol. The number of amides is 2. The van der Waals surface area contributed by atoms with E-state index < -0.39 is 11.7 Å². The molecule has 0 unspecified atom stereocenters. The molecule has 0 aliphatic carbocycles. The number of benzene rings is 1. The van der Waals surface area contributed by atoms with Crippen molar-refractivity contribution in [2.45, 2.75) is 72.1 Å². The molecule has 2 heterocycles. The van der Waals surface area contributed by atoms with Gasteiger partial charge in [0.1, 0.15) is 11.4 Å². The summed E-state index contributed by atoms with van der Waals surface area (Å²) in [5, 5.41) is 10.0. The number of hydrogen-bond acceptors (Lipinski definition) is 6. The lowest BCUT2D eigenvalue weighted by Crippen LogP contribution is -2.56. The van der Waals surface area contributed by atoms with Crippen LogP contribution in [0.3, 0.4) is 0 Å². The molecule has 0 saturated carbocycles. The molecule has 1 aromatic carbocycles. The first-order chi connectivity index (χ1) is 17.9. The number of unbranched alkanes of at least 4 members (excludes halogenated alkanes) is 1. The largest absolute Gasteiger partial charge is 0.444 e. The predicted octanol–water partition coefficient (Wildman–Crippen LogP) is 4.32. The van der Waals surface area contributed by atoms with Gasteiger partial charge in [-0.2, -0.15) is 0 Å². The number of halogens is 1. The van der Waals surface area contributed by atoms with Crippen molar-refractivity contribution in [3.05, 3.63) is 29.8 Å². The van der Waals surface area contributed by atoms with Crippen LogP contribution in [-0.4, -0.2) is 88.1 Å². The molecule has 0 bridgehead atoms. The van der Waals surface area contributed by atoms with E-state index in [0.717, 1.165) is 12.8 Å². The third-order valence-electron chi connectivity index (χ3n) is 6.57. The summed E-state index contributed by atoms with van der Waals surface area (Å²) in [5.74, 6) is -0.445. The first-order valence-corrected chi connectivity index (χ1v) is 13.5. The Hall–Kier alpha value is -2.72. The highest BCUT2D eigenvalue weighted by molar-refractivity contribution is 5.95. The van der Waals surface area contributed by atoms with E-state index in [9.17, 15) is 19.1 Å². The van der Waals surface area contributed by atoms with Gasteiger partial charge in [0, 0.05) is 52.4 Å². The summed E-state index contributed by atoms with van der Waals surface area (Å²) in [5.41, 5.74) is 0.468. The molecular formula is C28H43FN4O5. The first-order valence-electron chi connectivity index (χ1n) is 13.5. The summed E-state index contributed by atoms with van der Waals surface area (Å²) in [4.78, 5) is 35.1. The number of aromatic nitrogens is 2. The van der Waals surface area contributed by atoms with Crippen LogP contribution < -0.4 is 0 Å². The Kier molecular flexibility index (Phi) is 10.1. The molecule has 0 spiro atoms. The molecule has 2 aromatic rings. The number of nitrogens with zero attached hydrogens (tertiary/aromatic N) is 4. The first kappa shape index (κ1) is 29.8. The lowest BCUT2D eigenvalue weighted by atomic mass is 9.93. The second-order valence-corrected chi connectivity index (χ2v) is 11.6. The molecule has 10 heteroatoms. The molecule has 1 N–H and O–H groups in total. The van der Waals surface area contributed by atoms with E-state index in [1.54, 1.807) is 27.5 Å². The maximum atomic E-state index is 14.2. The van der Waals surface area contributed by atoms with Crippen LogP contribution in [0, 0.1) is 17.7 Å². The second kappa shape index (κ2) is 12.9. The van der Waals surface area contributed by atoms with Crippen molar-refractivity contribution in [3.63, 3.8) is 0 Å². The molecule has 1 aliphatic rings. The molecule has 9 nitrogen and oxygen atoms in total. The van der Waals surface area contributed by atoms with Crippen molar-refractivity contribution in [3.8, 4) is 0 Å². The van der Waals surface area contributed by atoms with Gasteiger partial charge in [0.15, 0.2) is 5.82 Å². The van der Waals surface area contributed by atoms with Gasteiger partial charge in [-0.1, -0.05) is 13.8 Å². The third-order valence-corrected chi connectivity index (χ3v) is 6.57. The topological polar surface area (TPSA) is 97.1 Å². The summed E-state index contributed by atoms with van der Waals surface area (Å²) in [6.45, 7) is 11.6. The minimum absolute atomic E-state index is 0.100. The van der Waals surface area contributed by atoms with E-state index in [4.69, 9.17) is 9.47 Å². The van der Waals surface area contributed by atoms with E-state index in [1.165, 1.54) is 12.1 Å². The standard InChI is InChI=1S/C28H43FN4O5/c1-19(2)15-33(22-13-20(18-34)16-31(17-22)27(36)38-28(3,4)5)26(35)25-30-23-10-9-21(29)14-24(23)32(25)11-7-8-12-37-6/h9-10,14,19-20,22,34H,7-8,11-13,15-18H2,1-6H3/t20-,22+/m1/s1. The normalized spacial score (nSPS) is 18.3. The number of ether oxygens (including phenoxy) is 2. The van der Waals surface area contributed by atoms with E-state index in [-0.39, 0.29) is 42.0 Å². The zero-order chi connectivity index (χ0) is 28.0. The number of imidazole rings is 1. The summed E-state index contributed by atoms with van der Waals surface area (Å²) in [6.07, 6.45) is 1.62. The second-order valence-electron chi connectivity index (χ2n) is 11.6. The lowest BCUT2D eigenvalue weighted by Gasteiger charge is -2.43. The Morgan fingerprint density at radius 2 is 1.97 bits per heavy atom. The van der Waals surface area contributed by atoms with E-state index in [2.05, 4.69) is 4.98 Å². The Labute approximate surface area is 224 Å². The highest BCUT2D eigenvalue weighted by Gasteiger charge is 2.38. The van der Waals surface area contributed by atoms with E-state index >= 15 is 0 Å². The number of aliphatic hydroxyl groups excluding tert-OH is 1. The smallest absolute Gasteiger partial charge is 0.410 e. The zero-order valence-electron chi connectivity index (χ0n) is 23.6. The van der Waals surface area contributed by atoms with Gasteiger partial charge in [-0.3, -0.25) is 4.79 Å². The van der Waals surface area contributed by atoms with Gasteiger partial charge in [-0.05, 0) is 64.2 Å². The van der Waals surface area contributed by atoms with Crippen LogP contribution in [0.2, 0.25) is 0 Å². The predicted molar refractivity (Wildman–Crippen MR) is 143 cm³/mol. The molecule has 38 heavy (non-hydrogen) atoms. The van der Waals surface area contributed by atoms with Crippen LogP contribution in [0.4, 0.5) is 9.18 Å².